The molecule has 0 N–H and O–H groups in total. The number of ether oxygens (including phenoxy) is 1. The van der Waals surface area contributed by atoms with Gasteiger partial charge in [-0.1, -0.05) is 39.0 Å². The summed E-state index contributed by atoms with van der Waals surface area (Å²) in [6, 6.07) is 0. The third kappa shape index (κ3) is 5.81. The monoisotopic (exact) mass is 212 g/mol. The summed E-state index contributed by atoms with van der Waals surface area (Å²) in [6.45, 7) is 2.85. The number of hydrogen-bond acceptors (Lipinski definition) is 2. The van der Waals surface area contributed by atoms with E-state index in [1.165, 1.54) is 38.5 Å². The summed E-state index contributed by atoms with van der Waals surface area (Å²) >= 11 is 0. The number of carbonyl (C=O) groups is 1. The van der Waals surface area contributed by atoms with Gasteiger partial charge in [-0.2, -0.15) is 0 Å². The zero-order valence-electron chi connectivity index (χ0n) is 9.96. The highest BCUT2D eigenvalue weighted by atomic mass is 16.5. The number of hydrogen-bond donors (Lipinski definition) is 0. The van der Waals surface area contributed by atoms with Crippen LogP contribution in [0.5, 0.6) is 0 Å². The molecule has 0 aromatic carbocycles. The lowest BCUT2D eigenvalue weighted by molar-refractivity contribution is -0.145. The smallest absolute Gasteiger partial charge is 0.305 e. The maximum atomic E-state index is 11.3. The Morgan fingerprint density at radius 1 is 1.20 bits per heavy atom. The Morgan fingerprint density at radius 2 is 1.93 bits per heavy atom. The average Bonchev–Trinajstić information content (AvgIpc) is 2.74. The van der Waals surface area contributed by atoms with Crippen molar-refractivity contribution in [1.82, 2.24) is 0 Å². The van der Waals surface area contributed by atoms with E-state index in [2.05, 4.69) is 6.92 Å². The van der Waals surface area contributed by atoms with Crippen molar-refractivity contribution in [2.24, 2.45) is 5.92 Å². The molecule has 0 aromatic heterocycles. The van der Waals surface area contributed by atoms with Crippen LogP contribution in [0.3, 0.4) is 0 Å². The molecule has 0 spiro atoms. The Balaban J connectivity index is 1.93. The van der Waals surface area contributed by atoms with Gasteiger partial charge in [-0.25, -0.2) is 0 Å². The van der Waals surface area contributed by atoms with E-state index in [1.807, 2.05) is 0 Å². The molecule has 1 rings (SSSR count). The van der Waals surface area contributed by atoms with Gasteiger partial charge in [0.2, 0.25) is 0 Å². The standard InChI is InChI=1S/C13H24O2/c1-2-3-4-5-10-13(14)15-11-12-8-6-7-9-12/h12H,2-11H2,1H3. The first-order valence-electron chi connectivity index (χ1n) is 6.48. The van der Waals surface area contributed by atoms with E-state index < -0.39 is 0 Å². The van der Waals surface area contributed by atoms with Crippen molar-refractivity contribution < 1.29 is 9.53 Å². The number of unbranched alkanes of at least 4 members (excludes halogenated alkanes) is 3. The lowest BCUT2D eigenvalue weighted by Gasteiger charge is -2.09. The second-order valence-corrected chi connectivity index (χ2v) is 4.64. The number of esters is 1. The third-order valence-electron chi connectivity index (χ3n) is 3.19. The van der Waals surface area contributed by atoms with E-state index in [-0.39, 0.29) is 5.97 Å². The van der Waals surface area contributed by atoms with Crippen molar-refractivity contribution in [2.75, 3.05) is 6.61 Å². The summed E-state index contributed by atoms with van der Waals surface area (Å²) in [5.74, 6) is 0.669. The third-order valence-corrected chi connectivity index (χ3v) is 3.19. The Hall–Kier alpha value is -0.530. The van der Waals surface area contributed by atoms with Crippen molar-refractivity contribution in [3.63, 3.8) is 0 Å². The van der Waals surface area contributed by atoms with Gasteiger partial charge in [0.05, 0.1) is 6.61 Å². The SMILES string of the molecule is CCCCCCC(=O)OCC1CCCC1. The van der Waals surface area contributed by atoms with E-state index in [0.717, 1.165) is 12.8 Å². The molecule has 2 nitrogen and oxygen atoms in total. The molecule has 2 heteroatoms. The van der Waals surface area contributed by atoms with Gasteiger partial charge < -0.3 is 4.74 Å². The molecule has 0 saturated heterocycles. The summed E-state index contributed by atoms with van der Waals surface area (Å²) in [7, 11) is 0. The molecular formula is C13H24O2. The molecule has 15 heavy (non-hydrogen) atoms. The molecule has 0 amide bonds. The van der Waals surface area contributed by atoms with Crippen LogP contribution in [0.25, 0.3) is 0 Å². The van der Waals surface area contributed by atoms with E-state index >= 15 is 0 Å². The summed E-state index contributed by atoms with van der Waals surface area (Å²) in [6.07, 6.45) is 10.4. The second kappa shape index (κ2) is 7.72. The normalized spacial score (nSPS) is 16.9. The quantitative estimate of drug-likeness (QED) is 0.475. The van der Waals surface area contributed by atoms with Gasteiger partial charge in [-0.15, -0.1) is 0 Å². The van der Waals surface area contributed by atoms with E-state index in [1.54, 1.807) is 0 Å². The minimum absolute atomic E-state index is 0.0120. The highest BCUT2D eigenvalue weighted by Gasteiger charge is 2.16. The highest BCUT2D eigenvalue weighted by Crippen LogP contribution is 2.24. The molecule has 0 unspecified atom stereocenters. The lowest BCUT2D eigenvalue weighted by Crippen LogP contribution is -2.11. The predicted octanol–water partition coefficient (Wildman–Crippen LogP) is 3.69. The van der Waals surface area contributed by atoms with Crippen molar-refractivity contribution in [3.05, 3.63) is 0 Å². The zero-order chi connectivity index (χ0) is 10.9. The Labute approximate surface area is 93.4 Å². The minimum Gasteiger partial charge on any atom is -0.465 e. The lowest BCUT2D eigenvalue weighted by atomic mass is 10.1. The minimum atomic E-state index is 0.0120. The first kappa shape index (κ1) is 12.5. The maximum absolute atomic E-state index is 11.3. The molecule has 1 fully saturated rings. The van der Waals surface area contributed by atoms with Crippen molar-refractivity contribution in [2.45, 2.75) is 64.7 Å². The molecule has 0 heterocycles. The van der Waals surface area contributed by atoms with Crippen LogP contribution in [0, 0.1) is 5.92 Å². The van der Waals surface area contributed by atoms with Crippen LogP contribution in [0.1, 0.15) is 64.7 Å². The molecule has 0 bridgehead atoms. The predicted molar refractivity (Wildman–Crippen MR) is 61.7 cm³/mol. The average molecular weight is 212 g/mol. The van der Waals surface area contributed by atoms with Crippen LogP contribution < -0.4 is 0 Å². The fraction of sp³-hybridized carbons (Fsp3) is 0.923. The molecule has 1 aliphatic rings. The van der Waals surface area contributed by atoms with Crippen molar-refractivity contribution in [3.8, 4) is 0 Å². The van der Waals surface area contributed by atoms with Gasteiger partial charge in [0.25, 0.3) is 0 Å². The fourth-order valence-electron chi connectivity index (χ4n) is 2.16. The van der Waals surface area contributed by atoms with Crippen LogP contribution in [0.2, 0.25) is 0 Å². The van der Waals surface area contributed by atoms with Crippen molar-refractivity contribution in [1.29, 1.82) is 0 Å². The highest BCUT2D eigenvalue weighted by molar-refractivity contribution is 5.69. The Morgan fingerprint density at radius 3 is 2.60 bits per heavy atom. The fourth-order valence-corrected chi connectivity index (χ4v) is 2.16. The topological polar surface area (TPSA) is 26.3 Å². The zero-order valence-corrected chi connectivity index (χ0v) is 9.96. The molecule has 1 aliphatic carbocycles. The summed E-state index contributed by atoms with van der Waals surface area (Å²) in [5.41, 5.74) is 0. The Kier molecular flexibility index (Phi) is 6.45. The Bertz CT molecular complexity index is 171. The molecule has 0 atom stereocenters. The summed E-state index contributed by atoms with van der Waals surface area (Å²) < 4.78 is 5.27. The number of carbonyl (C=O) groups excluding carboxylic acids is 1. The maximum Gasteiger partial charge on any atom is 0.305 e. The van der Waals surface area contributed by atoms with Gasteiger partial charge in [0, 0.05) is 6.42 Å². The largest absolute Gasteiger partial charge is 0.465 e. The van der Waals surface area contributed by atoms with Crippen LogP contribution in [-0.4, -0.2) is 12.6 Å². The van der Waals surface area contributed by atoms with Crippen LogP contribution >= 0.6 is 0 Å². The van der Waals surface area contributed by atoms with Crippen LogP contribution in [0.4, 0.5) is 0 Å². The summed E-state index contributed by atoms with van der Waals surface area (Å²) in [5, 5.41) is 0. The first-order valence-corrected chi connectivity index (χ1v) is 6.48. The van der Waals surface area contributed by atoms with Gasteiger partial charge in [0.15, 0.2) is 0 Å². The molecule has 0 aliphatic heterocycles. The van der Waals surface area contributed by atoms with E-state index in [9.17, 15) is 4.79 Å². The van der Waals surface area contributed by atoms with Crippen LogP contribution in [0.15, 0.2) is 0 Å². The van der Waals surface area contributed by atoms with E-state index in [0.29, 0.717) is 18.9 Å². The molecular weight excluding hydrogens is 188 g/mol. The molecule has 0 radical (unpaired) electrons. The van der Waals surface area contributed by atoms with Gasteiger partial charge in [-0.05, 0) is 25.2 Å². The molecule has 0 aromatic rings. The summed E-state index contributed by atoms with van der Waals surface area (Å²) in [4.78, 5) is 11.3. The second-order valence-electron chi connectivity index (χ2n) is 4.64. The molecule has 88 valence electrons. The van der Waals surface area contributed by atoms with Gasteiger partial charge >= 0.3 is 5.97 Å². The molecule has 1 saturated carbocycles. The van der Waals surface area contributed by atoms with E-state index in [4.69, 9.17) is 4.74 Å². The van der Waals surface area contributed by atoms with Crippen molar-refractivity contribution >= 4 is 5.97 Å². The van der Waals surface area contributed by atoms with Gasteiger partial charge in [0.1, 0.15) is 0 Å². The van der Waals surface area contributed by atoms with Gasteiger partial charge in [-0.3, -0.25) is 4.79 Å². The number of rotatable bonds is 7. The van der Waals surface area contributed by atoms with Crippen LogP contribution in [-0.2, 0) is 9.53 Å². The first-order chi connectivity index (χ1) is 7.33.